The average molecular weight is 275 g/mol. The Labute approximate surface area is 113 Å². The van der Waals surface area contributed by atoms with Gasteiger partial charge in [0.15, 0.2) is 0 Å². The third kappa shape index (κ3) is 6.28. The maximum atomic E-state index is 12.2. The van der Waals surface area contributed by atoms with Gasteiger partial charge in [0, 0.05) is 19.1 Å². The van der Waals surface area contributed by atoms with Crippen molar-refractivity contribution in [2.45, 2.75) is 44.8 Å². The molecule has 1 heterocycles. The van der Waals surface area contributed by atoms with Gasteiger partial charge in [-0.05, 0) is 25.2 Å². The second-order valence-corrected chi connectivity index (χ2v) is 5.25. The van der Waals surface area contributed by atoms with Crippen LogP contribution in [0.25, 0.3) is 0 Å². The lowest BCUT2D eigenvalue weighted by molar-refractivity contribution is 0.0808. The zero-order valence-corrected chi connectivity index (χ0v) is 11.4. The molecule has 1 saturated heterocycles. The first kappa shape index (κ1) is 16.3. The Morgan fingerprint density at radius 1 is 1.47 bits per heavy atom. The first-order valence-corrected chi connectivity index (χ1v) is 6.84. The van der Waals surface area contributed by atoms with Crippen LogP contribution in [0.15, 0.2) is 0 Å². The topological polar surface area (TPSA) is 59.3 Å². The summed E-state index contributed by atoms with van der Waals surface area (Å²) in [5.74, 6) is 0.257. The van der Waals surface area contributed by atoms with Crippen molar-refractivity contribution in [3.63, 3.8) is 0 Å². The number of hydrogen-bond acceptors (Lipinski definition) is 4. The van der Waals surface area contributed by atoms with Crippen molar-refractivity contribution in [3.8, 4) is 6.07 Å². The molecule has 0 saturated carbocycles. The van der Waals surface area contributed by atoms with E-state index in [0.29, 0.717) is 25.9 Å². The van der Waals surface area contributed by atoms with E-state index in [1.807, 2.05) is 11.8 Å². The first-order valence-electron chi connectivity index (χ1n) is 6.84. The highest BCUT2D eigenvalue weighted by Gasteiger charge is 2.28. The summed E-state index contributed by atoms with van der Waals surface area (Å²) in [4.78, 5) is 1.97. The predicted molar refractivity (Wildman–Crippen MR) is 68.9 cm³/mol. The summed E-state index contributed by atoms with van der Waals surface area (Å²) in [5.41, 5.74) is 0. The van der Waals surface area contributed by atoms with Crippen LogP contribution in [0.3, 0.4) is 0 Å². The number of nitrogens with one attached hydrogen (secondary N) is 1. The molecule has 1 fully saturated rings. The van der Waals surface area contributed by atoms with Gasteiger partial charge in [-0.3, -0.25) is 4.90 Å². The lowest BCUT2D eigenvalue weighted by atomic mass is 9.89. The molecule has 1 aliphatic rings. The summed E-state index contributed by atoms with van der Waals surface area (Å²) in [6.07, 6.45) is -0.547. The van der Waals surface area contributed by atoms with E-state index in [9.17, 15) is 13.9 Å². The van der Waals surface area contributed by atoms with Crippen molar-refractivity contribution >= 4 is 0 Å². The van der Waals surface area contributed by atoms with Crippen LogP contribution in [0.1, 0.15) is 26.2 Å². The monoisotopic (exact) mass is 275 g/mol. The minimum atomic E-state index is -2.36. The molecular weight excluding hydrogens is 252 g/mol. The third-order valence-electron chi connectivity index (χ3n) is 3.54. The van der Waals surface area contributed by atoms with Gasteiger partial charge in [-0.25, -0.2) is 8.78 Å². The zero-order chi connectivity index (χ0) is 14.3. The molecule has 0 bridgehead atoms. The fourth-order valence-electron chi connectivity index (χ4n) is 2.66. The molecular formula is C13H23F2N3O. The molecule has 0 radical (unpaired) electrons. The van der Waals surface area contributed by atoms with Crippen molar-refractivity contribution in [1.82, 2.24) is 10.2 Å². The Bertz CT molecular complexity index is 296. The van der Waals surface area contributed by atoms with Crippen LogP contribution in [0.5, 0.6) is 0 Å². The first-order chi connectivity index (χ1) is 9.05. The Balaban J connectivity index is 2.50. The summed E-state index contributed by atoms with van der Waals surface area (Å²) in [7, 11) is 0. The second kappa shape index (κ2) is 8.41. The highest BCUT2D eigenvalue weighted by atomic mass is 19.3. The van der Waals surface area contributed by atoms with Crippen LogP contribution in [-0.2, 0) is 0 Å². The number of alkyl halides is 2. The van der Waals surface area contributed by atoms with Crippen LogP contribution in [-0.4, -0.2) is 54.8 Å². The molecule has 0 aromatic rings. The van der Waals surface area contributed by atoms with E-state index in [1.165, 1.54) is 0 Å². The Morgan fingerprint density at radius 3 is 2.79 bits per heavy atom. The third-order valence-corrected chi connectivity index (χ3v) is 3.54. The molecule has 0 spiro atoms. The van der Waals surface area contributed by atoms with Crippen molar-refractivity contribution in [3.05, 3.63) is 0 Å². The summed E-state index contributed by atoms with van der Waals surface area (Å²) in [6, 6.07) is 2.08. The maximum Gasteiger partial charge on any atom is 0.250 e. The minimum Gasteiger partial charge on any atom is -0.393 e. The predicted octanol–water partition coefficient (Wildman–Crippen LogP) is 1.22. The largest absolute Gasteiger partial charge is 0.393 e. The molecule has 1 aliphatic heterocycles. The van der Waals surface area contributed by atoms with Gasteiger partial charge in [-0.1, -0.05) is 6.92 Å². The van der Waals surface area contributed by atoms with Gasteiger partial charge in [0.1, 0.15) is 0 Å². The van der Waals surface area contributed by atoms with Gasteiger partial charge in [0.05, 0.1) is 25.3 Å². The van der Waals surface area contributed by atoms with Crippen LogP contribution in [0.4, 0.5) is 8.78 Å². The number of piperidine rings is 1. The molecule has 0 aromatic heterocycles. The molecule has 3 unspecified atom stereocenters. The van der Waals surface area contributed by atoms with Crippen molar-refractivity contribution in [2.75, 3.05) is 26.2 Å². The van der Waals surface area contributed by atoms with E-state index >= 15 is 0 Å². The van der Waals surface area contributed by atoms with Gasteiger partial charge < -0.3 is 10.4 Å². The van der Waals surface area contributed by atoms with E-state index in [0.717, 1.165) is 13.0 Å². The maximum absolute atomic E-state index is 12.2. The number of likely N-dealkylation sites (tertiary alicyclic amines) is 1. The van der Waals surface area contributed by atoms with E-state index in [-0.39, 0.29) is 24.6 Å². The van der Waals surface area contributed by atoms with E-state index < -0.39 is 6.43 Å². The Hall–Kier alpha value is -0.770. The van der Waals surface area contributed by atoms with E-state index in [4.69, 9.17) is 5.26 Å². The highest BCUT2D eigenvalue weighted by Crippen LogP contribution is 2.22. The van der Waals surface area contributed by atoms with Crippen molar-refractivity contribution < 1.29 is 13.9 Å². The molecule has 0 amide bonds. The molecule has 110 valence electrons. The molecule has 0 aliphatic carbocycles. The van der Waals surface area contributed by atoms with Crippen molar-refractivity contribution in [1.29, 1.82) is 5.26 Å². The van der Waals surface area contributed by atoms with Crippen LogP contribution < -0.4 is 5.32 Å². The van der Waals surface area contributed by atoms with Crippen LogP contribution in [0.2, 0.25) is 0 Å². The van der Waals surface area contributed by atoms with Gasteiger partial charge in [-0.15, -0.1) is 0 Å². The average Bonchev–Trinajstić information content (AvgIpc) is 2.36. The quantitative estimate of drug-likeness (QED) is 0.686. The number of aliphatic hydroxyl groups is 1. The Morgan fingerprint density at radius 2 is 2.21 bits per heavy atom. The van der Waals surface area contributed by atoms with Gasteiger partial charge in [0.25, 0.3) is 6.43 Å². The molecule has 0 aromatic carbocycles. The smallest absolute Gasteiger partial charge is 0.250 e. The number of aliphatic hydroxyl groups excluding tert-OH is 1. The fraction of sp³-hybridized carbons (Fsp3) is 0.923. The second-order valence-electron chi connectivity index (χ2n) is 5.25. The SMILES string of the molecule is CCC(O)CC1CC(NCC(F)F)CN(CC#N)C1. The Kier molecular flexibility index (Phi) is 7.21. The van der Waals surface area contributed by atoms with Gasteiger partial charge >= 0.3 is 0 Å². The summed E-state index contributed by atoms with van der Waals surface area (Å²) < 4.78 is 24.5. The molecule has 4 nitrogen and oxygen atoms in total. The number of rotatable bonds is 7. The number of nitrogens with zero attached hydrogens (tertiary/aromatic N) is 2. The lowest BCUT2D eigenvalue weighted by Crippen LogP contribution is -2.50. The number of nitriles is 1. The van der Waals surface area contributed by atoms with Crippen molar-refractivity contribution in [2.24, 2.45) is 5.92 Å². The van der Waals surface area contributed by atoms with Gasteiger partial charge in [0.2, 0.25) is 0 Å². The van der Waals surface area contributed by atoms with E-state index in [2.05, 4.69) is 11.4 Å². The molecule has 6 heteroatoms. The fourth-order valence-corrected chi connectivity index (χ4v) is 2.66. The van der Waals surface area contributed by atoms with Crippen LogP contribution >= 0.6 is 0 Å². The minimum absolute atomic E-state index is 0.0230. The lowest BCUT2D eigenvalue weighted by Gasteiger charge is -2.37. The zero-order valence-electron chi connectivity index (χ0n) is 11.4. The summed E-state index contributed by atoms with van der Waals surface area (Å²) in [5, 5.41) is 21.3. The summed E-state index contributed by atoms with van der Waals surface area (Å²) in [6.45, 7) is 3.31. The number of hydrogen-bond donors (Lipinski definition) is 2. The molecule has 2 N–H and O–H groups in total. The summed E-state index contributed by atoms with van der Waals surface area (Å²) >= 11 is 0. The molecule has 3 atom stereocenters. The standard InChI is InChI=1S/C13H23F2N3O/c1-2-12(19)6-10-5-11(17-7-13(14)15)9-18(8-10)4-3-16/h10-13,17,19H,2,4-9H2,1H3. The number of halogens is 2. The molecule has 19 heavy (non-hydrogen) atoms. The molecule has 1 rings (SSSR count). The highest BCUT2D eigenvalue weighted by molar-refractivity contribution is 4.88. The normalized spacial score (nSPS) is 26.3. The van der Waals surface area contributed by atoms with Gasteiger partial charge in [-0.2, -0.15) is 5.26 Å². The van der Waals surface area contributed by atoms with Crippen LogP contribution in [0, 0.1) is 17.2 Å². The van der Waals surface area contributed by atoms with E-state index in [1.54, 1.807) is 0 Å².